The molecule has 0 aliphatic heterocycles. The van der Waals surface area contributed by atoms with Gasteiger partial charge in [0.1, 0.15) is 0 Å². The minimum Gasteiger partial charge on any atom is -0.476 e. The number of carboxylic acid groups (broad SMARTS) is 1. The number of pyridine rings is 1. The normalized spacial score (nSPS) is 10.6. The standard InChI is InChI=1S/C7H5BrF2N2O2/c8-4-2(11)1-12-5(7(13)14)3(4)6(9)10/h1,6H,11H2,(H,13,14). The monoisotopic (exact) mass is 266 g/mol. The van der Waals surface area contributed by atoms with Crippen LogP contribution in [0.2, 0.25) is 0 Å². The number of anilines is 1. The number of alkyl halides is 2. The van der Waals surface area contributed by atoms with Gasteiger partial charge in [0.25, 0.3) is 6.43 Å². The molecule has 1 rings (SSSR count). The molecule has 1 aromatic heterocycles. The van der Waals surface area contributed by atoms with E-state index in [4.69, 9.17) is 10.8 Å². The van der Waals surface area contributed by atoms with Crippen molar-refractivity contribution in [1.82, 2.24) is 4.98 Å². The molecule has 3 N–H and O–H groups in total. The van der Waals surface area contributed by atoms with Crippen LogP contribution in [0.4, 0.5) is 14.5 Å². The quantitative estimate of drug-likeness (QED) is 0.859. The summed E-state index contributed by atoms with van der Waals surface area (Å²) in [5.74, 6) is -1.51. The number of nitrogens with two attached hydrogens (primary N) is 1. The summed E-state index contributed by atoms with van der Waals surface area (Å²) in [4.78, 5) is 13.9. The molecule has 4 nitrogen and oxygen atoms in total. The average Bonchev–Trinajstić information content (AvgIpc) is 2.08. The van der Waals surface area contributed by atoms with Crippen molar-refractivity contribution in [2.45, 2.75) is 6.43 Å². The minimum absolute atomic E-state index is 0.0229. The Bertz CT molecular complexity index is 384. The van der Waals surface area contributed by atoms with Gasteiger partial charge in [0, 0.05) is 0 Å². The Balaban J connectivity index is 3.45. The second kappa shape index (κ2) is 3.87. The lowest BCUT2D eigenvalue weighted by molar-refractivity contribution is 0.0677. The lowest BCUT2D eigenvalue weighted by Gasteiger charge is -2.08. The number of nitrogen functional groups attached to an aromatic ring is 1. The Morgan fingerprint density at radius 1 is 1.64 bits per heavy atom. The zero-order valence-electron chi connectivity index (χ0n) is 6.67. The van der Waals surface area contributed by atoms with Gasteiger partial charge < -0.3 is 10.8 Å². The van der Waals surface area contributed by atoms with Gasteiger partial charge in [-0.15, -0.1) is 0 Å². The zero-order chi connectivity index (χ0) is 10.9. The maximum Gasteiger partial charge on any atom is 0.355 e. The Morgan fingerprint density at radius 2 is 2.21 bits per heavy atom. The third-order valence-corrected chi connectivity index (χ3v) is 2.38. The molecule has 0 spiro atoms. The highest BCUT2D eigenvalue weighted by atomic mass is 79.9. The summed E-state index contributed by atoms with van der Waals surface area (Å²) < 4.78 is 24.8. The second-order valence-electron chi connectivity index (χ2n) is 2.40. The Labute approximate surface area is 85.9 Å². The van der Waals surface area contributed by atoms with Crippen molar-refractivity contribution in [3.8, 4) is 0 Å². The van der Waals surface area contributed by atoms with Crippen LogP contribution in [0.5, 0.6) is 0 Å². The smallest absolute Gasteiger partial charge is 0.355 e. The van der Waals surface area contributed by atoms with E-state index in [1.807, 2.05) is 0 Å². The first-order valence-corrected chi connectivity index (χ1v) is 4.19. The summed E-state index contributed by atoms with van der Waals surface area (Å²) in [5, 5.41) is 8.57. The molecule has 76 valence electrons. The second-order valence-corrected chi connectivity index (χ2v) is 3.19. The Hall–Kier alpha value is -1.24. The molecule has 0 bridgehead atoms. The maximum atomic E-state index is 12.4. The van der Waals surface area contributed by atoms with Crippen LogP contribution in [0.1, 0.15) is 22.5 Å². The molecule has 0 saturated heterocycles. The highest BCUT2D eigenvalue weighted by molar-refractivity contribution is 9.10. The number of aromatic carboxylic acids is 1. The number of hydrogen-bond acceptors (Lipinski definition) is 3. The highest BCUT2D eigenvalue weighted by Crippen LogP contribution is 2.33. The Morgan fingerprint density at radius 3 is 2.64 bits per heavy atom. The van der Waals surface area contributed by atoms with Gasteiger partial charge in [-0.05, 0) is 15.9 Å². The first-order valence-electron chi connectivity index (χ1n) is 3.40. The molecule has 7 heteroatoms. The number of aromatic nitrogens is 1. The molecule has 14 heavy (non-hydrogen) atoms. The van der Waals surface area contributed by atoms with Gasteiger partial charge in [0.2, 0.25) is 0 Å². The molecule has 0 fully saturated rings. The van der Waals surface area contributed by atoms with Gasteiger partial charge in [0.15, 0.2) is 5.69 Å². The summed E-state index contributed by atoms with van der Waals surface area (Å²) in [7, 11) is 0. The summed E-state index contributed by atoms with van der Waals surface area (Å²) in [6, 6.07) is 0. The van der Waals surface area contributed by atoms with Crippen LogP contribution in [0, 0.1) is 0 Å². The van der Waals surface area contributed by atoms with E-state index in [1.54, 1.807) is 0 Å². The maximum absolute atomic E-state index is 12.4. The van der Waals surface area contributed by atoms with Crippen LogP contribution in [0.15, 0.2) is 10.7 Å². The van der Waals surface area contributed by atoms with E-state index >= 15 is 0 Å². The molecule has 0 atom stereocenters. The largest absolute Gasteiger partial charge is 0.476 e. The van der Waals surface area contributed by atoms with Gasteiger partial charge in [-0.25, -0.2) is 18.6 Å². The third-order valence-electron chi connectivity index (χ3n) is 1.50. The average molecular weight is 267 g/mol. The number of carboxylic acids is 1. The van der Waals surface area contributed by atoms with Crippen molar-refractivity contribution in [1.29, 1.82) is 0 Å². The first kappa shape index (κ1) is 10.8. The molecule has 0 saturated carbocycles. The summed E-state index contributed by atoms with van der Waals surface area (Å²) >= 11 is 2.79. The van der Waals surface area contributed by atoms with Crippen molar-refractivity contribution in [2.75, 3.05) is 5.73 Å². The van der Waals surface area contributed by atoms with Crippen LogP contribution < -0.4 is 5.73 Å². The fourth-order valence-corrected chi connectivity index (χ4v) is 1.35. The van der Waals surface area contributed by atoms with E-state index in [0.29, 0.717) is 0 Å². The molecular formula is C7H5BrF2N2O2. The van der Waals surface area contributed by atoms with Crippen molar-refractivity contribution < 1.29 is 18.7 Å². The van der Waals surface area contributed by atoms with Crippen molar-refractivity contribution in [3.63, 3.8) is 0 Å². The van der Waals surface area contributed by atoms with E-state index < -0.39 is 23.7 Å². The summed E-state index contributed by atoms with van der Waals surface area (Å²) in [6.07, 6.45) is -1.93. The fraction of sp³-hybridized carbons (Fsp3) is 0.143. The van der Waals surface area contributed by atoms with E-state index in [2.05, 4.69) is 20.9 Å². The molecule has 0 aromatic carbocycles. The highest BCUT2D eigenvalue weighted by Gasteiger charge is 2.23. The SMILES string of the molecule is Nc1cnc(C(=O)O)c(C(F)F)c1Br. The molecule has 0 radical (unpaired) electrons. The third kappa shape index (κ3) is 1.82. The van der Waals surface area contributed by atoms with Crippen LogP contribution in [0.3, 0.4) is 0 Å². The van der Waals surface area contributed by atoms with Crippen molar-refractivity contribution in [2.24, 2.45) is 0 Å². The van der Waals surface area contributed by atoms with Gasteiger partial charge >= 0.3 is 5.97 Å². The summed E-state index contributed by atoms with van der Waals surface area (Å²) in [5.41, 5.74) is 3.88. The fourth-order valence-electron chi connectivity index (χ4n) is 0.889. The number of carbonyl (C=O) groups is 1. The summed E-state index contributed by atoms with van der Waals surface area (Å²) in [6.45, 7) is 0. The molecule has 0 aliphatic carbocycles. The van der Waals surface area contributed by atoms with Crippen LogP contribution in [-0.4, -0.2) is 16.1 Å². The van der Waals surface area contributed by atoms with Gasteiger partial charge in [0.05, 0.1) is 21.9 Å². The van der Waals surface area contributed by atoms with E-state index in [-0.39, 0.29) is 10.2 Å². The van der Waals surface area contributed by atoms with Crippen LogP contribution in [0.25, 0.3) is 0 Å². The van der Waals surface area contributed by atoms with Crippen molar-refractivity contribution >= 4 is 27.6 Å². The topological polar surface area (TPSA) is 76.2 Å². The molecule has 0 aliphatic rings. The van der Waals surface area contributed by atoms with Crippen LogP contribution in [-0.2, 0) is 0 Å². The zero-order valence-corrected chi connectivity index (χ0v) is 8.25. The lowest BCUT2D eigenvalue weighted by atomic mass is 10.2. The van der Waals surface area contributed by atoms with Crippen molar-refractivity contribution in [3.05, 3.63) is 21.9 Å². The number of hydrogen-bond donors (Lipinski definition) is 2. The molecular weight excluding hydrogens is 262 g/mol. The minimum atomic E-state index is -2.94. The lowest BCUT2D eigenvalue weighted by Crippen LogP contribution is -2.08. The van der Waals surface area contributed by atoms with Gasteiger partial charge in [-0.1, -0.05) is 0 Å². The van der Waals surface area contributed by atoms with E-state index in [0.717, 1.165) is 6.20 Å². The number of rotatable bonds is 2. The van der Waals surface area contributed by atoms with Crippen LogP contribution >= 0.6 is 15.9 Å². The van der Waals surface area contributed by atoms with Gasteiger partial charge in [-0.2, -0.15) is 0 Å². The molecule has 1 heterocycles. The molecule has 0 unspecified atom stereocenters. The molecule has 0 amide bonds. The first-order chi connectivity index (χ1) is 6.45. The number of nitrogens with zero attached hydrogens (tertiary/aromatic N) is 1. The van der Waals surface area contributed by atoms with E-state index in [9.17, 15) is 13.6 Å². The molecule has 1 aromatic rings. The Kier molecular flexibility index (Phi) is 3.00. The van der Waals surface area contributed by atoms with E-state index in [1.165, 1.54) is 0 Å². The van der Waals surface area contributed by atoms with Gasteiger partial charge in [-0.3, -0.25) is 0 Å². The number of halogens is 3. The predicted molar refractivity (Wildman–Crippen MR) is 48.3 cm³/mol. The predicted octanol–water partition coefficient (Wildman–Crippen LogP) is 2.06.